The average molecular weight is 370 g/mol. The molecule has 2 aromatic rings. The van der Waals surface area contributed by atoms with E-state index in [1.165, 1.54) is 11.3 Å². The van der Waals surface area contributed by atoms with Crippen molar-refractivity contribution in [3.63, 3.8) is 0 Å². The number of nitrogens with zero attached hydrogens (tertiary/aromatic N) is 1. The molecule has 1 aromatic heterocycles. The van der Waals surface area contributed by atoms with Gasteiger partial charge in [-0.3, -0.25) is 4.79 Å². The molecule has 0 aliphatic carbocycles. The van der Waals surface area contributed by atoms with E-state index in [-0.39, 0.29) is 18.3 Å². The molecule has 1 amide bonds. The number of hydrogen-bond donors (Lipinski definition) is 2. The van der Waals surface area contributed by atoms with Gasteiger partial charge in [0.1, 0.15) is 16.5 Å². The first kappa shape index (κ1) is 20.4. The third-order valence-corrected chi connectivity index (χ3v) is 4.04. The van der Waals surface area contributed by atoms with Crippen molar-refractivity contribution in [2.75, 3.05) is 26.2 Å². The molecule has 132 valence electrons. The normalized spacial score (nSPS) is 10.1. The predicted octanol–water partition coefficient (Wildman–Crippen LogP) is 3.36. The highest BCUT2D eigenvalue weighted by molar-refractivity contribution is 7.13. The molecule has 0 atom stereocenters. The van der Waals surface area contributed by atoms with Crippen LogP contribution >= 0.6 is 23.7 Å². The molecule has 0 saturated carbocycles. The summed E-state index contributed by atoms with van der Waals surface area (Å²) in [6.07, 6.45) is 0.987. The van der Waals surface area contributed by atoms with Crippen molar-refractivity contribution < 1.29 is 9.53 Å². The second-order valence-corrected chi connectivity index (χ2v) is 5.88. The lowest BCUT2D eigenvalue weighted by Crippen LogP contribution is -2.31. The molecule has 0 unspecified atom stereocenters. The van der Waals surface area contributed by atoms with Crippen molar-refractivity contribution in [2.45, 2.75) is 20.3 Å². The van der Waals surface area contributed by atoms with Crippen molar-refractivity contribution in [3.8, 4) is 16.3 Å². The van der Waals surface area contributed by atoms with Gasteiger partial charge in [-0.1, -0.05) is 13.8 Å². The maximum absolute atomic E-state index is 12.0. The highest BCUT2D eigenvalue weighted by Crippen LogP contribution is 2.25. The summed E-state index contributed by atoms with van der Waals surface area (Å²) in [7, 11) is 0. The molecule has 0 aliphatic rings. The van der Waals surface area contributed by atoms with E-state index in [0.29, 0.717) is 18.8 Å². The highest BCUT2D eigenvalue weighted by Gasteiger charge is 2.11. The molecule has 2 N–H and O–H groups in total. The van der Waals surface area contributed by atoms with Gasteiger partial charge in [-0.15, -0.1) is 23.7 Å². The molecule has 0 radical (unpaired) electrons. The summed E-state index contributed by atoms with van der Waals surface area (Å²) >= 11 is 1.47. The van der Waals surface area contributed by atoms with E-state index in [4.69, 9.17) is 4.74 Å². The van der Waals surface area contributed by atoms with Crippen LogP contribution in [-0.2, 0) is 0 Å². The smallest absolute Gasteiger partial charge is 0.270 e. The zero-order valence-corrected chi connectivity index (χ0v) is 15.6. The Morgan fingerprint density at radius 1 is 1.21 bits per heavy atom. The Balaban J connectivity index is 0.00000288. The van der Waals surface area contributed by atoms with Crippen LogP contribution in [0.2, 0.25) is 0 Å². The summed E-state index contributed by atoms with van der Waals surface area (Å²) in [6, 6.07) is 7.80. The third kappa shape index (κ3) is 6.11. The molecule has 7 heteroatoms. The molecule has 24 heavy (non-hydrogen) atoms. The van der Waals surface area contributed by atoms with Crippen LogP contribution < -0.4 is 15.4 Å². The highest BCUT2D eigenvalue weighted by atomic mass is 35.5. The van der Waals surface area contributed by atoms with Crippen LogP contribution in [0, 0.1) is 0 Å². The van der Waals surface area contributed by atoms with Crippen LogP contribution in [0.4, 0.5) is 0 Å². The van der Waals surface area contributed by atoms with Crippen LogP contribution in [0.15, 0.2) is 29.6 Å². The van der Waals surface area contributed by atoms with Gasteiger partial charge in [-0.25, -0.2) is 4.98 Å². The zero-order valence-electron chi connectivity index (χ0n) is 14.0. The van der Waals surface area contributed by atoms with E-state index < -0.39 is 0 Å². The Hall–Kier alpha value is -1.63. The number of benzene rings is 1. The number of ether oxygens (including phenoxy) is 1. The molecule has 0 spiro atoms. The zero-order chi connectivity index (χ0) is 16.5. The van der Waals surface area contributed by atoms with Crippen molar-refractivity contribution in [3.05, 3.63) is 35.3 Å². The fourth-order valence-corrected chi connectivity index (χ4v) is 2.76. The average Bonchev–Trinajstić information content (AvgIpc) is 3.07. The SMILES string of the molecule is CCCOc1ccc(-c2nc(C(=O)NCCNCC)cs2)cc1.Cl. The minimum atomic E-state index is -0.131. The topological polar surface area (TPSA) is 63.2 Å². The second-order valence-electron chi connectivity index (χ2n) is 5.02. The molecule has 2 rings (SSSR count). The number of aromatic nitrogens is 1. The molecule has 1 aromatic carbocycles. The molecule has 0 fully saturated rings. The molecule has 5 nitrogen and oxygen atoms in total. The van der Waals surface area contributed by atoms with Gasteiger partial charge < -0.3 is 15.4 Å². The van der Waals surface area contributed by atoms with E-state index >= 15 is 0 Å². The summed E-state index contributed by atoms with van der Waals surface area (Å²) in [4.78, 5) is 16.4. The fourth-order valence-electron chi connectivity index (χ4n) is 1.96. The summed E-state index contributed by atoms with van der Waals surface area (Å²) in [6.45, 7) is 7.09. The van der Waals surface area contributed by atoms with Gasteiger partial charge >= 0.3 is 0 Å². The first-order valence-corrected chi connectivity index (χ1v) is 8.80. The monoisotopic (exact) mass is 369 g/mol. The Morgan fingerprint density at radius 2 is 1.96 bits per heavy atom. The van der Waals surface area contributed by atoms with Gasteiger partial charge in [0.25, 0.3) is 5.91 Å². The first-order chi connectivity index (χ1) is 11.2. The number of nitrogens with one attached hydrogen (secondary N) is 2. The van der Waals surface area contributed by atoms with E-state index in [1.807, 2.05) is 31.2 Å². The Bertz CT molecular complexity index is 617. The number of rotatable bonds is 9. The quantitative estimate of drug-likeness (QED) is 0.665. The number of halogens is 1. The van der Waals surface area contributed by atoms with Crippen LogP contribution in [0.1, 0.15) is 30.8 Å². The summed E-state index contributed by atoms with van der Waals surface area (Å²) in [5.74, 6) is 0.724. The fraction of sp³-hybridized carbons (Fsp3) is 0.412. The maximum atomic E-state index is 12.0. The van der Waals surface area contributed by atoms with Gasteiger partial charge in [0.05, 0.1) is 6.61 Å². The van der Waals surface area contributed by atoms with Gasteiger partial charge in [0, 0.05) is 24.0 Å². The number of thiazole rings is 1. The van der Waals surface area contributed by atoms with E-state index in [9.17, 15) is 4.79 Å². The van der Waals surface area contributed by atoms with E-state index in [0.717, 1.165) is 35.8 Å². The van der Waals surface area contributed by atoms with Crippen molar-refractivity contribution in [2.24, 2.45) is 0 Å². The van der Waals surface area contributed by atoms with E-state index in [2.05, 4.69) is 22.5 Å². The lowest BCUT2D eigenvalue weighted by atomic mass is 10.2. The number of carbonyl (C=O) groups excluding carboxylic acids is 1. The molecule has 0 saturated heterocycles. The summed E-state index contributed by atoms with van der Waals surface area (Å²) in [5, 5.41) is 8.64. The number of amides is 1. The summed E-state index contributed by atoms with van der Waals surface area (Å²) in [5.41, 5.74) is 1.46. The second kappa shape index (κ2) is 11.0. The molecular formula is C17H24ClN3O2S. The maximum Gasteiger partial charge on any atom is 0.270 e. The lowest BCUT2D eigenvalue weighted by molar-refractivity contribution is 0.0950. The predicted molar refractivity (Wildman–Crippen MR) is 101 cm³/mol. The largest absolute Gasteiger partial charge is 0.494 e. The Labute approximate surface area is 153 Å². The van der Waals surface area contributed by atoms with Crippen LogP contribution in [0.25, 0.3) is 10.6 Å². The molecule has 0 aliphatic heterocycles. The van der Waals surface area contributed by atoms with Gasteiger partial charge in [0.15, 0.2) is 0 Å². The Kier molecular flexibility index (Phi) is 9.37. The van der Waals surface area contributed by atoms with Gasteiger partial charge in [-0.2, -0.15) is 0 Å². The number of hydrogen-bond acceptors (Lipinski definition) is 5. The van der Waals surface area contributed by atoms with Crippen LogP contribution in [0.5, 0.6) is 5.75 Å². The minimum Gasteiger partial charge on any atom is -0.494 e. The first-order valence-electron chi connectivity index (χ1n) is 7.92. The van der Waals surface area contributed by atoms with E-state index in [1.54, 1.807) is 5.38 Å². The van der Waals surface area contributed by atoms with Crippen LogP contribution in [0.3, 0.4) is 0 Å². The summed E-state index contributed by atoms with van der Waals surface area (Å²) < 4.78 is 5.57. The number of likely N-dealkylation sites (N-methyl/N-ethyl adjacent to an activating group) is 1. The molecule has 0 bridgehead atoms. The van der Waals surface area contributed by atoms with Gasteiger partial charge in [0.2, 0.25) is 0 Å². The van der Waals surface area contributed by atoms with Crippen molar-refractivity contribution >= 4 is 29.7 Å². The Morgan fingerprint density at radius 3 is 2.62 bits per heavy atom. The van der Waals surface area contributed by atoms with Crippen molar-refractivity contribution in [1.82, 2.24) is 15.6 Å². The number of carbonyl (C=O) groups is 1. The van der Waals surface area contributed by atoms with Crippen molar-refractivity contribution in [1.29, 1.82) is 0 Å². The molecular weight excluding hydrogens is 346 g/mol. The lowest BCUT2D eigenvalue weighted by Gasteiger charge is -2.04. The standard InChI is InChI=1S/C17H23N3O2S.ClH/c1-3-11-22-14-7-5-13(6-8-14)17-20-15(12-23-17)16(21)19-10-9-18-4-2;/h5-8,12,18H,3-4,9-11H2,1-2H3,(H,19,21);1H. The minimum absolute atomic E-state index is 0. The van der Waals surface area contributed by atoms with Crippen LogP contribution in [-0.4, -0.2) is 37.1 Å². The van der Waals surface area contributed by atoms with Gasteiger partial charge in [-0.05, 0) is 37.2 Å². The third-order valence-electron chi connectivity index (χ3n) is 3.15. The molecule has 1 heterocycles.